The maximum absolute atomic E-state index is 12.4. The third-order valence-corrected chi connectivity index (χ3v) is 6.17. The smallest absolute Gasteiger partial charge is 0.178 e. The van der Waals surface area contributed by atoms with Gasteiger partial charge in [0.25, 0.3) is 0 Å². The highest BCUT2D eigenvalue weighted by atomic mass is 32.2. The summed E-state index contributed by atoms with van der Waals surface area (Å²) in [7, 11) is -3.26. The van der Waals surface area contributed by atoms with E-state index < -0.39 is 9.84 Å². The molecule has 1 radical (unpaired) electrons. The number of sulfone groups is 1. The first-order valence-corrected chi connectivity index (χ1v) is 10.1. The van der Waals surface area contributed by atoms with Crippen LogP contribution < -0.4 is 5.32 Å². The first-order valence-electron chi connectivity index (χ1n) is 8.46. The molecule has 2 rings (SSSR count). The third-order valence-electron chi connectivity index (χ3n) is 4.27. The monoisotopic (exact) mass is 344 g/mol. The molecule has 1 unspecified atom stereocenters. The molecule has 129 valence electrons. The van der Waals surface area contributed by atoms with Crippen molar-refractivity contribution in [3.05, 3.63) is 66.1 Å². The third kappa shape index (κ3) is 3.99. The predicted octanol–water partition coefficient (Wildman–Crippen LogP) is 4.79. The Hall–Kier alpha value is -1.81. The summed E-state index contributed by atoms with van der Waals surface area (Å²) in [6, 6.07) is 14.2. The number of benzene rings is 2. The molecule has 0 aliphatic heterocycles. The van der Waals surface area contributed by atoms with Crippen molar-refractivity contribution in [1.29, 1.82) is 0 Å². The summed E-state index contributed by atoms with van der Waals surface area (Å²) >= 11 is 0. The molecular weight excluding hydrogens is 318 g/mol. The Kier molecular flexibility index (Phi) is 6.05. The summed E-state index contributed by atoms with van der Waals surface area (Å²) in [5.41, 5.74) is 3.54. The number of hydrogen-bond donors (Lipinski definition) is 1. The Morgan fingerprint density at radius 2 is 1.75 bits per heavy atom. The van der Waals surface area contributed by atoms with Gasteiger partial charge in [0, 0.05) is 5.69 Å². The van der Waals surface area contributed by atoms with Gasteiger partial charge in [0.15, 0.2) is 9.84 Å². The Morgan fingerprint density at radius 3 is 2.29 bits per heavy atom. The highest BCUT2D eigenvalue weighted by Gasteiger charge is 2.20. The van der Waals surface area contributed by atoms with Gasteiger partial charge < -0.3 is 5.32 Å². The molecule has 0 saturated heterocycles. The molecule has 2 aromatic rings. The van der Waals surface area contributed by atoms with Crippen LogP contribution in [0.1, 0.15) is 49.9 Å². The van der Waals surface area contributed by atoms with Gasteiger partial charge in [-0.25, -0.2) is 8.42 Å². The zero-order valence-electron chi connectivity index (χ0n) is 14.7. The summed E-state index contributed by atoms with van der Waals surface area (Å²) in [6.07, 6.45) is 1.60. The molecule has 0 aliphatic rings. The molecule has 0 aliphatic carbocycles. The lowest BCUT2D eigenvalue weighted by atomic mass is 10.0. The molecule has 24 heavy (non-hydrogen) atoms. The summed E-state index contributed by atoms with van der Waals surface area (Å²) in [4.78, 5) is 0.394. The van der Waals surface area contributed by atoms with Crippen LogP contribution in [0.4, 0.5) is 5.69 Å². The quantitative estimate of drug-likeness (QED) is 0.785. The first kappa shape index (κ1) is 18.5. The minimum atomic E-state index is -3.26. The van der Waals surface area contributed by atoms with Gasteiger partial charge in [-0.1, -0.05) is 51.1 Å². The minimum Gasteiger partial charge on any atom is -0.378 e. The molecule has 1 N–H and O–H groups in total. The maximum atomic E-state index is 12.4. The summed E-state index contributed by atoms with van der Waals surface area (Å²) in [6.45, 7) is 9.77. The predicted molar refractivity (Wildman–Crippen MR) is 101 cm³/mol. The van der Waals surface area contributed by atoms with E-state index in [0.717, 1.165) is 17.7 Å². The number of aryl methyl sites for hydroxylation is 1. The van der Waals surface area contributed by atoms with Crippen molar-refractivity contribution in [2.75, 3.05) is 11.1 Å². The topological polar surface area (TPSA) is 46.2 Å². The second-order valence-electron chi connectivity index (χ2n) is 5.90. The lowest BCUT2D eigenvalue weighted by Crippen LogP contribution is -2.13. The number of anilines is 1. The largest absolute Gasteiger partial charge is 0.378 e. The first-order chi connectivity index (χ1) is 11.4. The minimum absolute atomic E-state index is 0.0941. The molecule has 1 atom stereocenters. The van der Waals surface area contributed by atoms with Crippen molar-refractivity contribution in [3.8, 4) is 0 Å². The Balaban J connectivity index is 2.40. The van der Waals surface area contributed by atoms with Crippen LogP contribution in [0.3, 0.4) is 0 Å². The lowest BCUT2D eigenvalue weighted by Gasteiger charge is -2.21. The van der Waals surface area contributed by atoms with Gasteiger partial charge in [0.1, 0.15) is 0 Å². The van der Waals surface area contributed by atoms with E-state index >= 15 is 0 Å². The number of hydrogen-bond acceptors (Lipinski definition) is 3. The zero-order chi connectivity index (χ0) is 17.7. The van der Waals surface area contributed by atoms with Crippen LogP contribution >= 0.6 is 0 Å². The molecule has 2 aromatic carbocycles. The van der Waals surface area contributed by atoms with Crippen LogP contribution in [0.2, 0.25) is 0 Å². The molecule has 0 saturated carbocycles. The summed E-state index contributed by atoms with van der Waals surface area (Å²) in [5.74, 6) is 0.0941. The fourth-order valence-corrected chi connectivity index (χ4v) is 4.30. The van der Waals surface area contributed by atoms with Crippen LogP contribution in [0.25, 0.3) is 0 Å². The molecule has 0 amide bonds. The number of rotatable bonds is 7. The molecule has 0 spiro atoms. The second-order valence-corrected chi connectivity index (χ2v) is 8.11. The van der Waals surface area contributed by atoms with E-state index in [0.29, 0.717) is 16.9 Å². The molecule has 4 heteroatoms. The Labute approximate surface area is 146 Å². The standard InChI is InChI=1S/C20H26NO2S/c1-5-16-14-18(13-15(4)20(16)24(22,23)7-3)21-19(6-2)17-11-9-8-10-12-17/h8-14,19,21H,4-7H2,1-3H3. The Bertz CT molecular complexity index is 783. The molecular formula is C20H26NO2S. The van der Waals surface area contributed by atoms with Gasteiger partial charge in [-0.3, -0.25) is 0 Å². The number of nitrogens with one attached hydrogen (secondary N) is 1. The average molecular weight is 345 g/mol. The fourth-order valence-electron chi connectivity index (χ4n) is 2.95. The highest BCUT2D eigenvalue weighted by Crippen LogP contribution is 2.29. The van der Waals surface area contributed by atoms with E-state index in [2.05, 4.69) is 31.3 Å². The highest BCUT2D eigenvalue weighted by molar-refractivity contribution is 7.91. The average Bonchev–Trinajstić information content (AvgIpc) is 2.59. The van der Waals surface area contributed by atoms with Crippen molar-refractivity contribution >= 4 is 15.5 Å². The van der Waals surface area contributed by atoms with E-state index in [1.807, 2.05) is 37.3 Å². The van der Waals surface area contributed by atoms with Crippen molar-refractivity contribution in [1.82, 2.24) is 0 Å². The molecule has 0 bridgehead atoms. The molecule has 0 aromatic heterocycles. The summed E-state index contributed by atoms with van der Waals surface area (Å²) in [5, 5.41) is 3.52. The Morgan fingerprint density at radius 1 is 1.08 bits per heavy atom. The SMILES string of the molecule is [CH2]c1cc(NC(CC)c2ccccc2)cc(CC)c1S(=O)(=O)CC. The van der Waals surface area contributed by atoms with Gasteiger partial charge in [0.05, 0.1) is 16.7 Å². The normalized spacial score (nSPS) is 12.8. The second kappa shape index (κ2) is 7.84. The van der Waals surface area contributed by atoms with E-state index in [1.54, 1.807) is 6.92 Å². The van der Waals surface area contributed by atoms with E-state index in [1.165, 1.54) is 5.56 Å². The van der Waals surface area contributed by atoms with Crippen LogP contribution in [0.15, 0.2) is 47.4 Å². The van der Waals surface area contributed by atoms with E-state index in [9.17, 15) is 8.42 Å². The van der Waals surface area contributed by atoms with E-state index in [4.69, 9.17) is 0 Å². The van der Waals surface area contributed by atoms with Crippen LogP contribution in [-0.4, -0.2) is 14.2 Å². The van der Waals surface area contributed by atoms with Crippen molar-refractivity contribution < 1.29 is 8.42 Å². The fraction of sp³-hybridized carbons (Fsp3) is 0.350. The van der Waals surface area contributed by atoms with Gasteiger partial charge in [-0.15, -0.1) is 0 Å². The van der Waals surface area contributed by atoms with Crippen LogP contribution in [0, 0.1) is 6.92 Å². The van der Waals surface area contributed by atoms with E-state index in [-0.39, 0.29) is 11.8 Å². The van der Waals surface area contributed by atoms with Gasteiger partial charge >= 0.3 is 0 Å². The maximum Gasteiger partial charge on any atom is 0.178 e. The van der Waals surface area contributed by atoms with Crippen molar-refractivity contribution in [2.24, 2.45) is 0 Å². The van der Waals surface area contributed by atoms with Crippen molar-refractivity contribution in [2.45, 2.75) is 44.6 Å². The van der Waals surface area contributed by atoms with Gasteiger partial charge in [0.2, 0.25) is 0 Å². The van der Waals surface area contributed by atoms with Crippen LogP contribution in [-0.2, 0) is 16.3 Å². The molecule has 0 fully saturated rings. The molecule has 3 nitrogen and oxygen atoms in total. The van der Waals surface area contributed by atoms with Gasteiger partial charge in [-0.2, -0.15) is 0 Å². The van der Waals surface area contributed by atoms with Gasteiger partial charge in [-0.05, 0) is 48.6 Å². The van der Waals surface area contributed by atoms with Crippen molar-refractivity contribution in [3.63, 3.8) is 0 Å². The van der Waals surface area contributed by atoms with Crippen LogP contribution in [0.5, 0.6) is 0 Å². The zero-order valence-corrected chi connectivity index (χ0v) is 15.5. The molecule has 0 heterocycles. The lowest BCUT2D eigenvalue weighted by molar-refractivity contribution is 0.596. The summed E-state index contributed by atoms with van der Waals surface area (Å²) < 4.78 is 24.7.